The Hall–Kier alpha value is -1.51. The molecule has 1 amide bonds. The van der Waals surface area contributed by atoms with E-state index < -0.39 is 9.84 Å². The zero-order chi connectivity index (χ0) is 16.3. The molecule has 2 aliphatic heterocycles. The van der Waals surface area contributed by atoms with Gasteiger partial charge in [0, 0.05) is 38.7 Å². The van der Waals surface area contributed by atoms with Gasteiger partial charge in [-0.1, -0.05) is 0 Å². The summed E-state index contributed by atoms with van der Waals surface area (Å²) in [6.45, 7) is 3.61. The number of halogens is 1. The standard InChI is InChI=1S/C15H20N2O5S.ClH/c18-15(17-6-4-16-5-7-17)3-10-23(19,20)12-1-2-13-14(11-12)22-9-8-21-13;/h1-2,11,16H,3-10H2;1H. The van der Waals surface area contributed by atoms with E-state index in [0.717, 1.165) is 13.1 Å². The topological polar surface area (TPSA) is 84.9 Å². The molecule has 9 heteroatoms. The summed E-state index contributed by atoms with van der Waals surface area (Å²) >= 11 is 0. The second kappa shape index (κ2) is 8.04. The van der Waals surface area contributed by atoms with E-state index in [1.54, 1.807) is 11.0 Å². The molecule has 0 aromatic heterocycles. The number of benzene rings is 1. The molecule has 1 aromatic carbocycles. The first kappa shape index (κ1) is 18.8. The Morgan fingerprint density at radius 2 is 1.79 bits per heavy atom. The smallest absolute Gasteiger partial charge is 0.223 e. The lowest BCUT2D eigenvalue weighted by Crippen LogP contribution is -2.46. The van der Waals surface area contributed by atoms with Gasteiger partial charge in [0.05, 0.1) is 10.6 Å². The van der Waals surface area contributed by atoms with Gasteiger partial charge in [-0.25, -0.2) is 8.42 Å². The van der Waals surface area contributed by atoms with Crippen LogP contribution in [-0.4, -0.2) is 64.4 Å². The van der Waals surface area contributed by atoms with Crippen LogP contribution in [0.25, 0.3) is 0 Å². The summed E-state index contributed by atoms with van der Waals surface area (Å²) in [5.74, 6) is 0.667. The van der Waals surface area contributed by atoms with Crippen molar-refractivity contribution < 1.29 is 22.7 Å². The highest BCUT2D eigenvalue weighted by molar-refractivity contribution is 7.91. The first-order valence-corrected chi connectivity index (χ1v) is 9.32. The molecule has 134 valence electrons. The summed E-state index contributed by atoms with van der Waals surface area (Å²) in [5, 5.41) is 3.16. The summed E-state index contributed by atoms with van der Waals surface area (Å²) in [6.07, 6.45) is -0.00320. The minimum absolute atomic E-state index is 0. The molecule has 0 unspecified atom stereocenters. The Bertz CT molecular complexity index is 689. The minimum atomic E-state index is -3.53. The fourth-order valence-corrected chi connectivity index (χ4v) is 3.87. The highest BCUT2D eigenvalue weighted by Crippen LogP contribution is 2.32. The summed E-state index contributed by atoms with van der Waals surface area (Å²) in [4.78, 5) is 14.0. The number of carbonyl (C=O) groups is 1. The molecule has 2 heterocycles. The number of nitrogens with zero attached hydrogens (tertiary/aromatic N) is 1. The Morgan fingerprint density at radius 3 is 2.50 bits per heavy atom. The van der Waals surface area contributed by atoms with E-state index in [2.05, 4.69) is 5.32 Å². The van der Waals surface area contributed by atoms with Gasteiger partial charge in [-0.05, 0) is 12.1 Å². The van der Waals surface area contributed by atoms with Crippen molar-refractivity contribution in [2.24, 2.45) is 0 Å². The fourth-order valence-electron chi connectivity index (χ4n) is 2.63. The monoisotopic (exact) mass is 376 g/mol. The number of piperazine rings is 1. The molecule has 0 aliphatic carbocycles. The third-order valence-electron chi connectivity index (χ3n) is 3.93. The maximum Gasteiger partial charge on any atom is 0.223 e. The van der Waals surface area contributed by atoms with Crippen LogP contribution in [-0.2, 0) is 14.6 Å². The summed E-state index contributed by atoms with van der Waals surface area (Å²) in [5.41, 5.74) is 0. The molecule has 0 atom stereocenters. The zero-order valence-corrected chi connectivity index (χ0v) is 14.8. The molecule has 24 heavy (non-hydrogen) atoms. The molecule has 2 aliphatic rings. The Kier molecular flexibility index (Phi) is 6.31. The summed E-state index contributed by atoms with van der Waals surface area (Å²) in [6, 6.07) is 4.57. The maximum atomic E-state index is 12.4. The van der Waals surface area contributed by atoms with Gasteiger partial charge >= 0.3 is 0 Å². The van der Waals surface area contributed by atoms with Crippen LogP contribution in [0.5, 0.6) is 11.5 Å². The summed E-state index contributed by atoms with van der Waals surface area (Å²) in [7, 11) is -3.53. The van der Waals surface area contributed by atoms with E-state index in [0.29, 0.717) is 37.8 Å². The van der Waals surface area contributed by atoms with Crippen LogP contribution in [0.4, 0.5) is 0 Å². The quantitative estimate of drug-likeness (QED) is 0.822. The third kappa shape index (κ3) is 4.31. The number of carbonyl (C=O) groups excluding carboxylic acids is 1. The van der Waals surface area contributed by atoms with Gasteiger partial charge in [-0.15, -0.1) is 12.4 Å². The van der Waals surface area contributed by atoms with E-state index in [1.165, 1.54) is 12.1 Å². The number of ether oxygens (including phenoxy) is 2. The highest BCUT2D eigenvalue weighted by atomic mass is 35.5. The number of rotatable bonds is 4. The van der Waals surface area contributed by atoms with Gasteiger partial charge in [0.25, 0.3) is 0 Å². The van der Waals surface area contributed by atoms with Gasteiger partial charge in [0.2, 0.25) is 5.91 Å². The molecule has 3 rings (SSSR count). The third-order valence-corrected chi connectivity index (χ3v) is 5.64. The van der Waals surface area contributed by atoms with E-state index in [1.807, 2.05) is 0 Å². The average molecular weight is 377 g/mol. The Balaban J connectivity index is 0.00000208. The van der Waals surface area contributed by atoms with Crippen LogP contribution >= 0.6 is 12.4 Å². The molecule has 1 N–H and O–H groups in total. The van der Waals surface area contributed by atoms with E-state index in [-0.39, 0.29) is 35.4 Å². The van der Waals surface area contributed by atoms with Gasteiger partial charge in [-0.3, -0.25) is 4.79 Å². The van der Waals surface area contributed by atoms with Gasteiger partial charge in [0.1, 0.15) is 13.2 Å². The SMILES string of the molecule is Cl.O=C(CCS(=O)(=O)c1ccc2c(c1)OCCO2)N1CCNCC1. The van der Waals surface area contributed by atoms with Crippen molar-refractivity contribution in [1.82, 2.24) is 10.2 Å². The molecular formula is C15H21ClN2O5S. The van der Waals surface area contributed by atoms with E-state index in [9.17, 15) is 13.2 Å². The Morgan fingerprint density at radius 1 is 1.12 bits per heavy atom. The fraction of sp³-hybridized carbons (Fsp3) is 0.533. The van der Waals surface area contributed by atoms with Crippen LogP contribution < -0.4 is 14.8 Å². The molecule has 1 aromatic rings. The predicted octanol–water partition coefficient (Wildman–Crippen LogP) is 0.475. The minimum Gasteiger partial charge on any atom is -0.486 e. The van der Waals surface area contributed by atoms with Crippen molar-refractivity contribution >= 4 is 28.2 Å². The van der Waals surface area contributed by atoms with Crippen molar-refractivity contribution in [3.8, 4) is 11.5 Å². The molecule has 1 fully saturated rings. The lowest BCUT2D eigenvalue weighted by Gasteiger charge is -2.27. The molecule has 0 radical (unpaired) electrons. The highest BCUT2D eigenvalue weighted by Gasteiger charge is 2.23. The Labute approximate surface area is 147 Å². The molecule has 0 spiro atoms. The molecule has 7 nitrogen and oxygen atoms in total. The maximum absolute atomic E-state index is 12.4. The second-order valence-corrected chi connectivity index (χ2v) is 7.61. The van der Waals surface area contributed by atoms with Crippen LogP contribution in [0.3, 0.4) is 0 Å². The number of fused-ring (bicyclic) bond motifs is 1. The van der Waals surface area contributed by atoms with Crippen molar-refractivity contribution in [1.29, 1.82) is 0 Å². The van der Waals surface area contributed by atoms with Crippen LogP contribution in [0.1, 0.15) is 6.42 Å². The van der Waals surface area contributed by atoms with E-state index in [4.69, 9.17) is 9.47 Å². The van der Waals surface area contributed by atoms with Crippen LogP contribution in [0, 0.1) is 0 Å². The average Bonchev–Trinajstić information content (AvgIpc) is 2.60. The normalized spacial score (nSPS) is 17.1. The molecular weight excluding hydrogens is 356 g/mol. The van der Waals surface area contributed by atoms with Crippen LogP contribution in [0.15, 0.2) is 23.1 Å². The lowest BCUT2D eigenvalue weighted by atomic mass is 10.3. The van der Waals surface area contributed by atoms with Crippen molar-refractivity contribution in [3.63, 3.8) is 0 Å². The molecule has 0 saturated carbocycles. The number of hydrogen-bond donors (Lipinski definition) is 1. The van der Waals surface area contributed by atoms with Crippen molar-refractivity contribution in [3.05, 3.63) is 18.2 Å². The first-order valence-electron chi connectivity index (χ1n) is 7.67. The zero-order valence-electron chi connectivity index (χ0n) is 13.2. The van der Waals surface area contributed by atoms with Crippen LogP contribution in [0.2, 0.25) is 0 Å². The first-order chi connectivity index (χ1) is 11.1. The number of nitrogens with one attached hydrogen (secondary N) is 1. The molecule has 1 saturated heterocycles. The predicted molar refractivity (Wildman–Crippen MR) is 90.8 cm³/mol. The van der Waals surface area contributed by atoms with Crippen molar-refractivity contribution in [2.75, 3.05) is 45.1 Å². The van der Waals surface area contributed by atoms with Crippen molar-refractivity contribution in [2.45, 2.75) is 11.3 Å². The van der Waals surface area contributed by atoms with Gasteiger partial charge in [0.15, 0.2) is 21.3 Å². The number of amides is 1. The second-order valence-electron chi connectivity index (χ2n) is 5.51. The largest absolute Gasteiger partial charge is 0.486 e. The summed E-state index contributed by atoms with van der Waals surface area (Å²) < 4.78 is 35.6. The number of sulfone groups is 1. The molecule has 0 bridgehead atoms. The van der Waals surface area contributed by atoms with Gasteiger partial charge < -0.3 is 19.7 Å². The lowest BCUT2D eigenvalue weighted by molar-refractivity contribution is -0.131. The van der Waals surface area contributed by atoms with E-state index >= 15 is 0 Å². The number of hydrogen-bond acceptors (Lipinski definition) is 6. The van der Waals surface area contributed by atoms with Gasteiger partial charge in [-0.2, -0.15) is 0 Å².